The topological polar surface area (TPSA) is 21.7 Å². The minimum Gasteiger partial charge on any atom is -0.378 e. The van der Waals surface area contributed by atoms with E-state index in [9.17, 15) is 0 Å². The highest BCUT2D eigenvalue weighted by atomic mass is 16.5. The molecule has 11 heavy (non-hydrogen) atoms. The Kier molecular flexibility index (Phi) is 1.67. The fraction of sp³-hybridized carbons (Fsp3) is 1.00. The third-order valence-electron chi connectivity index (χ3n) is 2.70. The van der Waals surface area contributed by atoms with Crippen molar-refractivity contribution in [2.24, 2.45) is 0 Å². The van der Waals surface area contributed by atoms with Gasteiger partial charge in [-0.25, -0.2) is 0 Å². The zero-order chi connectivity index (χ0) is 7.90. The highest BCUT2D eigenvalue weighted by Gasteiger charge is 2.43. The summed E-state index contributed by atoms with van der Waals surface area (Å²) in [5.74, 6) is 0. The number of ether oxygens (including phenoxy) is 2. The lowest BCUT2D eigenvalue weighted by Crippen LogP contribution is -2.67. The van der Waals surface area contributed by atoms with Crippen LogP contribution < -0.4 is 0 Å². The third kappa shape index (κ3) is 1.17. The molecule has 2 aliphatic heterocycles. The Labute approximate surface area is 67.3 Å². The summed E-state index contributed by atoms with van der Waals surface area (Å²) in [7, 11) is 1.79. The van der Waals surface area contributed by atoms with E-state index in [1.165, 1.54) is 0 Å². The van der Waals surface area contributed by atoms with Crippen molar-refractivity contribution >= 4 is 0 Å². The molecule has 2 aliphatic rings. The van der Waals surface area contributed by atoms with Crippen LogP contribution in [0, 0.1) is 0 Å². The molecule has 64 valence electrons. The van der Waals surface area contributed by atoms with Crippen LogP contribution in [0.25, 0.3) is 0 Å². The molecule has 2 heterocycles. The van der Waals surface area contributed by atoms with E-state index in [-0.39, 0.29) is 5.60 Å². The largest absolute Gasteiger partial charge is 0.378 e. The van der Waals surface area contributed by atoms with Gasteiger partial charge in [-0.1, -0.05) is 0 Å². The fourth-order valence-electron chi connectivity index (χ4n) is 1.63. The van der Waals surface area contributed by atoms with E-state index in [0.717, 1.165) is 26.3 Å². The molecule has 0 aromatic carbocycles. The van der Waals surface area contributed by atoms with Crippen LogP contribution in [0.1, 0.15) is 6.92 Å². The Morgan fingerprint density at radius 1 is 1.45 bits per heavy atom. The Hall–Kier alpha value is -0.120. The summed E-state index contributed by atoms with van der Waals surface area (Å²) < 4.78 is 10.5. The zero-order valence-corrected chi connectivity index (χ0v) is 7.17. The van der Waals surface area contributed by atoms with Crippen molar-refractivity contribution in [1.29, 1.82) is 0 Å². The van der Waals surface area contributed by atoms with Crippen molar-refractivity contribution in [2.45, 2.75) is 18.6 Å². The van der Waals surface area contributed by atoms with Gasteiger partial charge in [0.1, 0.15) is 0 Å². The molecule has 0 saturated carbocycles. The molecule has 2 rings (SSSR count). The summed E-state index contributed by atoms with van der Waals surface area (Å²) in [6.07, 6.45) is 0. The van der Waals surface area contributed by atoms with Gasteiger partial charge in [-0.15, -0.1) is 0 Å². The van der Waals surface area contributed by atoms with E-state index in [1.54, 1.807) is 7.11 Å². The maximum atomic E-state index is 5.34. The molecule has 0 bridgehead atoms. The first-order valence-corrected chi connectivity index (χ1v) is 4.10. The first-order valence-electron chi connectivity index (χ1n) is 4.10. The molecular weight excluding hydrogens is 142 g/mol. The minimum absolute atomic E-state index is 0.121. The summed E-state index contributed by atoms with van der Waals surface area (Å²) in [5, 5.41) is 0. The average molecular weight is 157 g/mol. The lowest BCUT2D eigenvalue weighted by Gasteiger charge is -2.52. The standard InChI is InChI=1S/C8H15NO2/c1-8(10-2)5-9(6-8)7-3-11-4-7/h7H,3-6H2,1-2H3. The Bertz CT molecular complexity index is 150. The molecule has 0 aliphatic carbocycles. The molecule has 3 nitrogen and oxygen atoms in total. The molecule has 0 N–H and O–H groups in total. The molecule has 2 saturated heterocycles. The molecule has 0 radical (unpaired) electrons. The lowest BCUT2D eigenvalue weighted by molar-refractivity contribution is -0.172. The van der Waals surface area contributed by atoms with Gasteiger partial charge in [-0.05, 0) is 6.92 Å². The normalized spacial score (nSPS) is 31.1. The molecule has 0 unspecified atom stereocenters. The summed E-state index contributed by atoms with van der Waals surface area (Å²) in [6, 6.07) is 0.679. The van der Waals surface area contributed by atoms with E-state index < -0.39 is 0 Å². The van der Waals surface area contributed by atoms with Crippen molar-refractivity contribution in [2.75, 3.05) is 33.4 Å². The van der Waals surface area contributed by atoms with E-state index in [4.69, 9.17) is 9.47 Å². The Balaban J connectivity index is 1.78. The lowest BCUT2D eigenvalue weighted by atomic mass is 9.93. The number of rotatable bonds is 2. The van der Waals surface area contributed by atoms with Crippen molar-refractivity contribution in [3.8, 4) is 0 Å². The first kappa shape index (κ1) is 7.53. The van der Waals surface area contributed by atoms with E-state index in [0.29, 0.717) is 6.04 Å². The number of nitrogens with zero attached hydrogens (tertiary/aromatic N) is 1. The van der Waals surface area contributed by atoms with Crippen LogP contribution in [-0.4, -0.2) is 50.0 Å². The van der Waals surface area contributed by atoms with Gasteiger partial charge < -0.3 is 9.47 Å². The molecule has 0 aromatic heterocycles. The van der Waals surface area contributed by atoms with Crippen LogP contribution >= 0.6 is 0 Å². The van der Waals surface area contributed by atoms with Crippen molar-refractivity contribution in [3.63, 3.8) is 0 Å². The Morgan fingerprint density at radius 2 is 2.09 bits per heavy atom. The predicted molar refractivity (Wildman–Crippen MR) is 41.6 cm³/mol. The van der Waals surface area contributed by atoms with Crippen LogP contribution in [0.4, 0.5) is 0 Å². The van der Waals surface area contributed by atoms with Gasteiger partial charge in [0, 0.05) is 20.2 Å². The highest BCUT2D eigenvalue weighted by Crippen LogP contribution is 2.27. The number of hydrogen-bond donors (Lipinski definition) is 0. The SMILES string of the molecule is COC1(C)CN(C2COC2)C1. The van der Waals surface area contributed by atoms with Crippen LogP contribution in [0.3, 0.4) is 0 Å². The van der Waals surface area contributed by atoms with Gasteiger partial charge in [0.2, 0.25) is 0 Å². The molecule has 2 fully saturated rings. The summed E-state index contributed by atoms with van der Waals surface area (Å²) in [5.41, 5.74) is 0.121. The summed E-state index contributed by atoms with van der Waals surface area (Å²) in [6.45, 7) is 6.12. The van der Waals surface area contributed by atoms with Gasteiger partial charge in [-0.3, -0.25) is 4.90 Å². The van der Waals surface area contributed by atoms with Crippen molar-refractivity contribution < 1.29 is 9.47 Å². The smallest absolute Gasteiger partial charge is 0.0903 e. The zero-order valence-electron chi connectivity index (χ0n) is 7.17. The van der Waals surface area contributed by atoms with Gasteiger partial charge in [0.05, 0.1) is 24.9 Å². The average Bonchev–Trinajstić information content (AvgIpc) is 1.80. The minimum atomic E-state index is 0.121. The van der Waals surface area contributed by atoms with Crippen molar-refractivity contribution in [3.05, 3.63) is 0 Å². The van der Waals surface area contributed by atoms with E-state index in [2.05, 4.69) is 11.8 Å². The molecule has 0 spiro atoms. The number of methoxy groups -OCH3 is 1. The van der Waals surface area contributed by atoms with Crippen LogP contribution in [0.15, 0.2) is 0 Å². The van der Waals surface area contributed by atoms with Crippen LogP contribution in [-0.2, 0) is 9.47 Å². The highest BCUT2D eigenvalue weighted by molar-refractivity contribution is 4.97. The summed E-state index contributed by atoms with van der Waals surface area (Å²) >= 11 is 0. The van der Waals surface area contributed by atoms with Gasteiger partial charge in [-0.2, -0.15) is 0 Å². The number of hydrogen-bond acceptors (Lipinski definition) is 3. The molecule has 0 atom stereocenters. The molecule has 0 amide bonds. The fourth-order valence-corrected chi connectivity index (χ4v) is 1.63. The molecule has 0 aromatic rings. The van der Waals surface area contributed by atoms with Crippen LogP contribution in [0.5, 0.6) is 0 Å². The van der Waals surface area contributed by atoms with E-state index in [1.807, 2.05) is 0 Å². The maximum Gasteiger partial charge on any atom is 0.0903 e. The predicted octanol–water partition coefficient (Wildman–Crippen LogP) is 0.106. The van der Waals surface area contributed by atoms with Gasteiger partial charge >= 0.3 is 0 Å². The second-order valence-electron chi connectivity index (χ2n) is 3.75. The van der Waals surface area contributed by atoms with Gasteiger partial charge in [0.15, 0.2) is 0 Å². The Morgan fingerprint density at radius 3 is 2.45 bits per heavy atom. The molecular formula is C8H15NO2. The quantitative estimate of drug-likeness (QED) is 0.567. The molecule has 3 heteroatoms. The first-order chi connectivity index (χ1) is 5.23. The maximum absolute atomic E-state index is 5.34. The monoisotopic (exact) mass is 157 g/mol. The van der Waals surface area contributed by atoms with Crippen molar-refractivity contribution in [1.82, 2.24) is 4.90 Å². The summed E-state index contributed by atoms with van der Waals surface area (Å²) in [4.78, 5) is 2.42. The number of likely N-dealkylation sites (tertiary alicyclic amines) is 1. The third-order valence-corrected chi connectivity index (χ3v) is 2.70. The van der Waals surface area contributed by atoms with E-state index >= 15 is 0 Å². The van der Waals surface area contributed by atoms with Gasteiger partial charge in [0.25, 0.3) is 0 Å². The second-order valence-corrected chi connectivity index (χ2v) is 3.75. The second kappa shape index (κ2) is 2.44. The van der Waals surface area contributed by atoms with Crippen LogP contribution in [0.2, 0.25) is 0 Å².